The third-order valence-corrected chi connectivity index (χ3v) is 3.07. The first-order valence-electron chi connectivity index (χ1n) is 6.58. The molecule has 0 radical (unpaired) electrons. The van der Waals surface area contributed by atoms with Crippen LogP contribution in [0.3, 0.4) is 0 Å². The summed E-state index contributed by atoms with van der Waals surface area (Å²) >= 11 is 0. The zero-order valence-electron chi connectivity index (χ0n) is 12.3. The maximum absolute atomic E-state index is 14.3. The van der Waals surface area contributed by atoms with Crippen LogP contribution < -0.4 is 11.5 Å². The molecule has 0 spiro atoms. The molecular weight excluding hydrogens is 295 g/mol. The van der Waals surface area contributed by atoms with Gasteiger partial charge in [0.2, 0.25) is 5.96 Å². The third-order valence-electron chi connectivity index (χ3n) is 3.07. The maximum Gasteiger partial charge on any atom is 0.214 e. The summed E-state index contributed by atoms with van der Waals surface area (Å²) in [6.45, 7) is 1.62. The first kappa shape index (κ1) is 18.0. The lowest BCUT2D eigenvalue weighted by molar-refractivity contribution is -0.0841. The molecule has 0 saturated carbocycles. The molecule has 1 aromatic heterocycles. The molecule has 0 amide bonds. The van der Waals surface area contributed by atoms with Crippen LogP contribution >= 0.6 is 0 Å². The lowest BCUT2D eigenvalue weighted by Gasteiger charge is -2.25. The second-order valence-corrected chi connectivity index (χ2v) is 4.64. The number of aromatic amines is 1. The highest BCUT2D eigenvalue weighted by atomic mass is 19.1. The van der Waals surface area contributed by atoms with Crippen LogP contribution in [0.4, 0.5) is 4.39 Å². The van der Waals surface area contributed by atoms with Crippen LogP contribution in [0.15, 0.2) is 11.2 Å². The number of hydrogen-bond donors (Lipinski definition) is 6. The van der Waals surface area contributed by atoms with Gasteiger partial charge in [0.1, 0.15) is 12.2 Å². The molecule has 0 bridgehead atoms. The lowest BCUT2D eigenvalue weighted by atomic mass is 10.0. The summed E-state index contributed by atoms with van der Waals surface area (Å²) in [6, 6.07) is 0. The van der Waals surface area contributed by atoms with E-state index in [2.05, 4.69) is 15.0 Å². The molecule has 2 unspecified atom stereocenters. The van der Waals surface area contributed by atoms with Crippen molar-refractivity contribution in [3.05, 3.63) is 17.7 Å². The van der Waals surface area contributed by atoms with Gasteiger partial charge in [0.15, 0.2) is 17.8 Å². The SMILES string of the molecule is CCC(O)[C@@H](O)[C@@H](F)C(OC)c1cnc(C(N)=NC(=N)N)[nH]1. The Balaban J connectivity index is 2.97. The number of hydrogen-bond acceptors (Lipinski definition) is 5. The van der Waals surface area contributed by atoms with Gasteiger partial charge >= 0.3 is 0 Å². The van der Waals surface area contributed by atoms with Crippen molar-refractivity contribution < 1.29 is 19.3 Å². The van der Waals surface area contributed by atoms with Crippen molar-refractivity contribution in [1.29, 1.82) is 5.41 Å². The fourth-order valence-electron chi connectivity index (χ4n) is 1.85. The molecule has 9 nitrogen and oxygen atoms in total. The smallest absolute Gasteiger partial charge is 0.214 e. The van der Waals surface area contributed by atoms with Gasteiger partial charge in [-0.1, -0.05) is 6.92 Å². The Kier molecular flexibility index (Phi) is 6.40. The number of guanidine groups is 1. The number of nitrogens with zero attached hydrogens (tertiary/aromatic N) is 2. The predicted octanol–water partition coefficient (Wildman–Crippen LogP) is -0.834. The standard InChI is InChI=1S/C12H21FN6O3/c1-3-6(20)8(21)7(13)9(22-2)5-4-17-11(18-5)10(14)19-12(15)16/h4,6-9,20-21H,3H2,1-2H3,(H,17,18)(H5,14,15,16,19)/t6?,7-,8-,9?/m1/s1. The number of ether oxygens (including phenoxy) is 1. The quantitative estimate of drug-likeness (QED) is 0.283. The van der Waals surface area contributed by atoms with Crippen LogP contribution in [0, 0.1) is 5.41 Å². The van der Waals surface area contributed by atoms with Crippen LogP contribution in [0.5, 0.6) is 0 Å². The number of methoxy groups -OCH3 is 1. The van der Waals surface area contributed by atoms with Crippen LogP contribution in [0.1, 0.15) is 31.0 Å². The van der Waals surface area contributed by atoms with Gasteiger partial charge in [-0.25, -0.2) is 9.37 Å². The second-order valence-electron chi connectivity index (χ2n) is 4.64. The monoisotopic (exact) mass is 316 g/mol. The summed E-state index contributed by atoms with van der Waals surface area (Å²) in [4.78, 5) is 10.1. The molecule has 0 saturated heterocycles. The molecular formula is C12H21FN6O3. The zero-order valence-corrected chi connectivity index (χ0v) is 12.3. The number of aliphatic hydroxyl groups is 2. The first-order valence-corrected chi connectivity index (χ1v) is 6.58. The Morgan fingerprint density at radius 1 is 1.55 bits per heavy atom. The van der Waals surface area contributed by atoms with E-state index in [0.717, 1.165) is 0 Å². The molecule has 0 aliphatic rings. The number of aliphatic hydroxyl groups excluding tert-OH is 2. The summed E-state index contributed by atoms with van der Waals surface area (Å²) < 4.78 is 19.3. The van der Waals surface area contributed by atoms with E-state index in [9.17, 15) is 14.6 Å². The number of alkyl halides is 1. The molecule has 4 atom stereocenters. The van der Waals surface area contributed by atoms with Gasteiger partial charge in [-0.05, 0) is 6.42 Å². The van der Waals surface area contributed by atoms with E-state index < -0.39 is 30.4 Å². The maximum atomic E-state index is 14.3. The highest BCUT2D eigenvalue weighted by molar-refractivity contribution is 6.01. The van der Waals surface area contributed by atoms with Crippen molar-refractivity contribution in [1.82, 2.24) is 9.97 Å². The number of nitrogens with two attached hydrogens (primary N) is 2. The van der Waals surface area contributed by atoms with Crippen LogP contribution in [-0.2, 0) is 4.74 Å². The Morgan fingerprint density at radius 3 is 2.68 bits per heavy atom. The summed E-state index contributed by atoms with van der Waals surface area (Å²) in [6.07, 6.45) is -4.40. The molecule has 0 aliphatic heterocycles. The fraction of sp³-hybridized carbons (Fsp3) is 0.583. The molecule has 1 aromatic rings. The number of aliphatic imine (C=N–C) groups is 1. The minimum atomic E-state index is -1.88. The molecule has 0 aromatic carbocycles. The average molecular weight is 316 g/mol. The fourth-order valence-corrected chi connectivity index (χ4v) is 1.85. The molecule has 8 N–H and O–H groups in total. The Hall–Kier alpha value is -2.04. The van der Waals surface area contributed by atoms with Gasteiger partial charge in [-0.15, -0.1) is 0 Å². The van der Waals surface area contributed by atoms with Gasteiger partial charge in [0.25, 0.3) is 0 Å². The van der Waals surface area contributed by atoms with E-state index in [1.54, 1.807) is 6.92 Å². The van der Waals surface area contributed by atoms with Crippen molar-refractivity contribution >= 4 is 11.8 Å². The van der Waals surface area contributed by atoms with E-state index in [0.29, 0.717) is 0 Å². The first-order chi connectivity index (χ1) is 10.3. The zero-order chi connectivity index (χ0) is 16.9. The van der Waals surface area contributed by atoms with Gasteiger partial charge < -0.3 is 31.4 Å². The minimum Gasteiger partial charge on any atom is -0.390 e. The van der Waals surface area contributed by atoms with Crippen LogP contribution in [0.25, 0.3) is 0 Å². The molecule has 0 fully saturated rings. The van der Waals surface area contributed by atoms with Gasteiger partial charge in [-0.3, -0.25) is 5.41 Å². The van der Waals surface area contributed by atoms with Crippen LogP contribution in [-0.4, -0.2) is 57.5 Å². The van der Waals surface area contributed by atoms with E-state index in [4.69, 9.17) is 21.6 Å². The highest BCUT2D eigenvalue weighted by Crippen LogP contribution is 2.25. The summed E-state index contributed by atoms with van der Waals surface area (Å²) in [5.74, 6) is -0.549. The van der Waals surface area contributed by atoms with Crippen molar-refractivity contribution in [3.63, 3.8) is 0 Å². The normalized spacial score (nSPS) is 17.8. The number of nitrogens with one attached hydrogen (secondary N) is 2. The molecule has 0 aliphatic carbocycles. The molecule has 22 heavy (non-hydrogen) atoms. The number of rotatable bonds is 7. The number of H-pyrrole nitrogens is 1. The van der Waals surface area contributed by atoms with Crippen molar-refractivity contribution in [2.45, 2.75) is 37.8 Å². The Labute approximate surface area is 126 Å². The third kappa shape index (κ3) is 4.23. The number of aromatic nitrogens is 2. The summed E-state index contributed by atoms with van der Waals surface area (Å²) in [5.41, 5.74) is 10.9. The Bertz CT molecular complexity index is 535. The molecule has 124 valence electrons. The van der Waals surface area contributed by atoms with Crippen molar-refractivity contribution in [2.24, 2.45) is 16.5 Å². The molecule has 1 rings (SSSR count). The molecule has 10 heteroatoms. The van der Waals surface area contributed by atoms with Crippen molar-refractivity contribution in [2.75, 3.05) is 7.11 Å². The van der Waals surface area contributed by atoms with Gasteiger partial charge in [0.05, 0.1) is 18.0 Å². The van der Waals surface area contributed by atoms with E-state index in [1.807, 2.05) is 0 Å². The van der Waals surface area contributed by atoms with Gasteiger partial charge in [-0.2, -0.15) is 4.99 Å². The molecule has 1 heterocycles. The van der Waals surface area contributed by atoms with Crippen molar-refractivity contribution in [3.8, 4) is 0 Å². The summed E-state index contributed by atoms with van der Waals surface area (Å²) in [5, 5.41) is 26.3. The second kappa shape index (κ2) is 7.82. The van der Waals surface area contributed by atoms with Crippen LogP contribution in [0.2, 0.25) is 0 Å². The van der Waals surface area contributed by atoms with E-state index >= 15 is 0 Å². The predicted molar refractivity (Wildman–Crippen MR) is 78.2 cm³/mol. The summed E-state index contributed by atoms with van der Waals surface area (Å²) in [7, 11) is 1.26. The number of imidazole rings is 1. The lowest BCUT2D eigenvalue weighted by Crippen LogP contribution is -2.38. The van der Waals surface area contributed by atoms with Gasteiger partial charge in [0, 0.05) is 7.11 Å². The van der Waals surface area contributed by atoms with E-state index in [-0.39, 0.29) is 23.8 Å². The Morgan fingerprint density at radius 2 is 2.18 bits per heavy atom. The minimum absolute atomic E-state index is 0.0879. The number of halogens is 1. The topological polar surface area (TPSA) is 167 Å². The highest BCUT2D eigenvalue weighted by Gasteiger charge is 2.34. The largest absolute Gasteiger partial charge is 0.390 e. The van der Waals surface area contributed by atoms with E-state index in [1.165, 1.54) is 13.3 Å². The number of amidine groups is 1. The average Bonchev–Trinajstić information content (AvgIpc) is 2.95.